The first kappa shape index (κ1) is 14.8. The SMILES string of the molecule is O=C1N=C2C=CC(c3cccc([N+](=O)[O-])c3)=CN2C12CCCCC2. The minimum Gasteiger partial charge on any atom is -0.317 e. The highest BCUT2D eigenvalue weighted by Crippen LogP contribution is 2.41. The van der Waals surface area contributed by atoms with Crippen LogP contribution in [0.1, 0.15) is 37.7 Å². The van der Waals surface area contributed by atoms with Gasteiger partial charge in [-0.1, -0.05) is 31.4 Å². The van der Waals surface area contributed by atoms with Crippen molar-refractivity contribution in [1.29, 1.82) is 0 Å². The highest BCUT2D eigenvalue weighted by atomic mass is 16.6. The third kappa shape index (κ3) is 2.18. The zero-order chi connectivity index (χ0) is 16.7. The van der Waals surface area contributed by atoms with Crippen LogP contribution in [0.5, 0.6) is 0 Å². The number of carbonyl (C=O) groups is 1. The molecule has 1 spiro atoms. The maximum Gasteiger partial charge on any atom is 0.273 e. The number of hydrogen-bond acceptors (Lipinski definition) is 4. The number of rotatable bonds is 2. The molecule has 0 radical (unpaired) electrons. The Kier molecular flexibility index (Phi) is 3.33. The summed E-state index contributed by atoms with van der Waals surface area (Å²) in [5.41, 5.74) is 1.14. The molecule has 1 amide bonds. The van der Waals surface area contributed by atoms with Crippen LogP contribution >= 0.6 is 0 Å². The fraction of sp³-hybridized carbons (Fsp3) is 0.333. The van der Waals surface area contributed by atoms with E-state index >= 15 is 0 Å². The summed E-state index contributed by atoms with van der Waals surface area (Å²) in [5, 5.41) is 11.0. The van der Waals surface area contributed by atoms with Gasteiger partial charge in [0.15, 0.2) is 0 Å². The molecule has 2 heterocycles. The van der Waals surface area contributed by atoms with Crippen LogP contribution in [0.15, 0.2) is 47.6 Å². The normalized spacial score (nSPS) is 21.5. The number of nitro benzene ring substituents is 1. The fourth-order valence-corrected chi connectivity index (χ4v) is 3.80. The fourth-order valence-electron chi connectivity index (χ4n) is 3.80. The number of amidine groups is 1. The molecule has 1 saturated carbocycles. The quantitative estimate of drug-likeness (QED) is 0.617. The summed E-state index contributed by atoms with van der Waals surface area (Å²) in [7, 11) is 0. The van der Waals surface area contributed by atoms with E-state index in [4.69, 9.17) is 0 Å². The number of allylic oxidation sites excluding steroid dienone is 2. The van der Waals surface area contributed by atoms with E-state index in [0.717, 1.165) is 43.2 Å². The number of nitrogens with zero attached hydrogens (tertiary/aromatic N) is 3. The van der Waals surface area contributed by atoms with E-state index in [9.17, 15) is 14.9 Å². The Labute approximate surface area is 139 Å². The van der Waals surface area contributed by atoms with Gasteiger partial charge in [0.2, 0.25) is 0 Å². The van der Waals surface area contributed by atoms with Crippen LogP contribution in [0.25, 0.3) is 5.57 Å². The Bertz CT molecular complexity index is 817. The van der Waals surface area contributed by atoms with Gasteiger partial charge in [-0.05, 0) is 36.1 Å². The second-order valence-corrected chi connectivity index (χ2v) is 6.46. The van der Waals surface area contributed by atoms with Crippen LogP contribution in [0.4, 0.5) is 5.69 Å². The number of fused-ring (bicyclic) bond motifs is 2. The number of nitro groups is 1. The van der Waals surface area contributed by atoms with Gasteiger partial charge < -0.3 is 4.90 Å². The number of amides is 1. The third-order valence-corrected chi connectivity index (χ3v) is 5.07. The predicted octanol–water partition coefficient (Wildman–Crippen LogP) is 3.45. The van der Waals surface area contributed by atoms with Gasteiger partial charge in [0.05, 0.1) is 4.92 Å². The van der Waals surface area contributed by atoms with Gasteiger partial charge in [-0.2, -0.15) is 4.99 Å². The van der Waals surface area contributed by atoms with Crippen molar-refractivity contribution in [3.05, 3.63) is 58.3 Å². The number of benzene rings is 1. The average Bonchev–Trinajstić information content (AvgIpc) is 2.87. The van der Waals surface area contributed by atoms with Crippen molar-refractivity contribution < 1.29 is 9.72 Å². The zero-order valence-electron chi connectivity index (χ0n) is 13.1. The first-order valence-corrected chi connectivity index (χ1v) is 8.17. The van der Waals surface area contributed by atoms with E-state index in [2.05, 4.69) is 4.99 Å². The summed E-state index contributed by atoms with van der Waals surface area (Å²) in [4.78, 5) is 29.3. The van der Waals surface area contributed by atoms with E-state index in [0.29, 0.717) is 5.84 Å². The lowest BCUT2D eigenvalue weighted by Gasteiger charge is -2.40. The molecule has 1 aliphatic carbocycles. The summed E-state index contributed by atoms with van der Waals surface area (Å²) in [5.74, 6) is 0.620. The Morgan fingerprint density at radius 3 is 2.71 bits per heavy atom. The standard InChI is InChI=1S/C18H17N3O3/c22-17-18(9-2-1-3-10-18)20-12-14(7-8-16(20)19-17)13-5-4-6-15(11-13)21(23)24/h4-8,11-12H,1-3,9-10H2. The lowest BCUT2D eigenvalue weighted by molar-refractivity contribution is -0.384. The van der Waals surface area contributed by atoms with Crippen LogP contribution in [-0.4, -0.2) is 27.1 Å². The molecule has 122 valence electrons. The summed E-state index contributed by atoms with van der Waals surface area (Å²) in [6.07, 6.45) is 10.4. The van der Waals surface area contributed by atoms with Crippen LogP contribution in [0, 0.1) is 10.1 Å². The largest absolute Gasteiger partial charge is 0.317 e. The van der Waals surface area contributed by atoms with Gasteiger partial charge in [-0.15, -0.1) is 0 Å². The molecule has 0 unspecified atom stereocenters. The van der Waals surface area contributed by atoms with E-state index < -0.39 is 10.5 Å². The van der Waals surface area contributed by atoms with Crippen LogP contribution in [0.3, 0.4) is 0 Å². The molecule has 0 saturated heterocycles. The monoisotopic (exact) mass is 323 g/mol. The molecule has 2 aliphatic heterocycles. The van der Waals surface area contributed by atoms with E-state index in [-0.39, 0.29) is 11.6 Å². The van der Waals surface area contributed by atoms with E-state index in [1.165, 1.54) is 6.07 Å². The van der Waals surface area contributed by atoms with Crippen molar-refractivity contribution in [3.63, 3.8) is 0 Å². The maximum absolute atomic E-state index is 12.5. The number of non-ortho nitro benzene ring substituents is 1. The molecular formula is C18H17N3O3. The van der Waals surface area contributed by atoms with Gasteiger partial charge in [-0.3, -0.25) is 14.9 Å². The third-order valence-electron chi connectivity index (χ3n) is 5.07. The van der Waals surface area contributed by atoms with E-state index in [1.807, 2.05) is 29.3 Å². The van der Waals surface area contributed by atoms with Crippen LogP contribution in [0.2, 0.25) is 0 Å². The van der Waals surface area contributed by atoms with Gasteiger partial charge in [-0.25, -0.2) is 0 Å². The maximum atomic E-state index is 12.5. The summed E-state index contributed by atoms with van der Waals surface area (Å²) in [6.45, 7) is 0. The molecule has 4 rings (SSSR count). The van der Waals surface area contributed by atoms with Crippen molar-refractivity contribution in [2.45, 2.75) is 37.6 Å². The van der Waals surface area contributed by atoms with Gasteiger partial charge >= 0.3 is 0 Å². The smallest absolute Gasteiger partial charge is 0.273 e. The zero-order valence-corrected chi connectivity index (χ0v) is 13.1. The van der Waals surface area contributed by atoms with Crippen LogP contribution in [-0.2, 0) is 4.79 Å². The molecule has 0 aromatic heterocycles. The Hall–Kier alpha value is -2.76. The van der Waals surface area contributed by atoms with Crippen molar-refractivity contribution >= 4 is 23.0 Å². The van der Waals surface area contributed by atoms with Crippen molar-refractivity contribution in [3.8, 4) is 0 Å². The van der Waals surface area contributed by atoms with Gasteiger partial charge in [0.1, 0.15) is 11.4 Å². The molecule has 24 heavy (non-hydrogen) atoms. The first-order valence-electron chi connectivity index (χ1n) is 8.17. The molecule has 3 aliphatic rings. The molecule has 0 atom stereocenters. The average molecular weight is 323 g/mol. The number of carbonyl (C=O) groups excluding carboxylic acids is 1. The second kappa shape index (κ2) is 5.40. The lowest BCUT2D eigenvalue weighted by atomic mass is 9.80. The van der Waals surface area contributed by atoms with Crippen LogP contribution < -0.4 is 0 Å². The highest BCUT2D eigenvalue weighted by Gasteiger charge is 2.49. The summed E-state index contributed by atoms with van der Waals surface area (Å²) >= 11 is 0. The summed E-state index contributed by atoms with van der Waals surface area (Å²) in [6, 6.07) is 6.56. The topological polar surface area (TPSA) is 75.8 Å². The molecule has 1 aromatic carbocycles. The number of hydrogen-bond donors (Lipinski definition) is 0. The Morgan fingerprint density at radius 1 is 1.17 bits per heavy atom. The summed E-state index contributed by atoms with van der Waals surface area (Å²) < 4.78 is 0. The second-order valence-electron chi connectivity index (χ2n) is 6.46. The molecule has 1 fully saturated rings. The van der Waals surface area contributed by atoms with Crippen molar-refractivity contribution in [2.75, 3.05) is 0 Å². The Morgan fingerprint density at radius 2 is 1.96 bits per heavy atom. The van der Waals surface area contributed by atoms with Crippen molar-refractivity contribution in [2.24, 2.45) is 4.99 Å². The molecule has 0 N–H and O–H groups in total. The predicted molar refractivity (Wildman–Crippen MR) is 90.3 cm³/mol. The van der Waals surface area contributed by atoms with E-state index in [1.54, 1.807) is 12.1 Å². The molecule has 1 aromatic rings. The van der Waals surface area contributed by atoms with Crippen molar-refractivity contribution in [1.82, 2.24) is 4.90 Å². The first-order chi connectivity index (χ1) is 11.6. The Balaban J connectivity index is 1.73. The molecule has 6 heteroatoms. The number of aliphatic imine (C=N–C) groups is 1. The minimum absolute atomic E-state index is 0.0570. The lowest BCUT2D eigenvalue weighted by Crippen LogP contribution is -2.50. The highest BCUT2D eigenvalue weighted by molar-refractivity contribution is 6.13. The minimum atomic E-state index is -0.551. The van der Waals surface area contributed by atoms with Gasteiger partial charge in [0, 0.05) is 18.3 Å². The molecule has 0 bridgehead atoms. The van der Waals surface area contributed by atoms with Gasteiger partial charge in [0.25, 0.3) is 11.6 Å². The molecule has 6 nitrogen and oxygen atoms in total. The molecular weight excluding hydrogens is 306 g/mol.